The maximum absolute atomic E-state index is 12.1. The highest BCUT2D eigenvalue weighted by molar-refractivity contribution is 14.0. The van der Waals surface area contributed by atoms with Crippen molar-refractivity contribution >= 4 is 52.7 Å². The van der Waals surface area contributed by atoms with E-state index >= 15 is 0 Å². The maximum atomic E-state index is 12.1. The molecule has 0 spiro atoms. The predicted molar refractivity (Wildman–Crippen MR) is 124 cm³/mol. The number of para-hydroxylation sites is 1. The van der Waals surface area contributed by atoms with E-state index in [1.807, 2.05) is 61.7 Å². The SMILES string of the molecule is CCOC(=O)c1ccc2c(c1)n(CC)c(/C=C/Nc1ccccc1)[n+]2CC.I. The van der Waals surface area contributed by atoms with Crippen molar-refractivity contribution in [1.82, 2.24) is 4.57 Å². The molecule has 6 heteroatoms. The molecule has 0 fully saturated rings. The van der Waals surface area contributed by atoms with Crippen LogP contribution in [0.15, 0.2) is 54.7 Å². The highest BCUT2D eigenvalue weighted by Crippen LogP contribution is 2.19. The summed E-state index contributed by atoms with van der Waals surface area (Å²) in [4.78, 5) is 12.1. The Kier molecular flexibility index (Phi) is 8.04. The van der Waals surface area contributed by atoms with Gasteiger partial charge in [-0.25, -0.2) is 13.9 Å². The largest absolute Gasteiger partial charge is 0.462 e. The molecule has 0 saturated heterocycles. The summed E-state index contributed by atoms with van der Waals surface area (Å²) < 4.78 is 9.61. The first kappa shape index (κ1) is 21.9. The van der Waals surface area contributed by atoms with Crippen LogP contribution in [0.4, 0.5) is 5.69 Å². The molecule has 1 heterocycles. The van der Waals surface area contributed by atoms with Gasteiger partial charge in [-0.1, -0.05) is 18.2 Å². The molecule has 0 aliphatic rings. The summed E-state index contributed by atoms with van der Waals surface area (Å²) >= 11 is 0. The lowest BCUT2D eigenvalue weighted by atomic mass is 10.2. The minimum absolute atomic E-state index is 0. The smallest absolute Gasteiger partial charge is 0.338 e. The van der Waals surface area contributed by atoms with Gasteiger partial charge in [0, 0.05) is 24.0 Å². The number of esters is 1. The first-order valence-electron chi connectivity index (χ1n) is 9.40. The molecule has 0 atom stereocenters. The second kappa shape index (κ2) is 10.3. The number of aromatic nitrogens is 2. The standard InChI is InChI=1S/C22H25N3O2.HI/c1-4-24-19-13-12-17(22(26)27-6-3)16-20(19)25(5-2)21(24)14-15-23-18-10-8-7-9-11-18;/h7-16H,4-6H2,1-3H3;1H/p+1. The fourth-order valence-corrected chi connectivity index (χ4v) is 3.29. The summed E-state index contributed by atoms with van der Waals surface area (Å²) in [6.07, 6.45) is 4.03. The fourth-order valence-electron chi connectivity index (χ4n) is 3.29. The van der Waals surface area contributed by atoms with E-state index in [2.05, 4.69) is 34.4 Å². The number of hydrogen-bond donors (Lipinski definition) is 1. The number of halogens is 1. The molecule has 0 amide bonds. The lowest BCUT2D eigenvalue weighted by Crippen LogP contribution is -2.35. The molecule has 0 unspecified atom stereocenters. The van der Waals surface area contributed by atoms with E-state index in [1.54, 1.807) is 0 Å². The number of carbonyl (C=O) groups excluding carboxylic acids is 1. The minimum Gasteiger partial charge on any atom is -0.462 e. The van der Waals surface area contributed by atoms with Crippen molar-refractivity contribution < 1.29 is 14.1 Å². The van der Waals surface area contributed by atoms with E-state index in [9.17, 15) is 4.79 Å². The monoisotopic (exact) mass is 492 g/mol. The summed E-state index contributed by atoms with van der Waals surface area (Å²) in [6, 6.07) is 15.8. The van der Waals surface area contributed by atoms with E-state index in [1.165, 1.54) is 0 Å². The van der Waals surface area contributed by atoms with Crippen LogP contribution in [0.25, 0.3) is 17.1 Å². The molecule has 1 N–H and O–H groups in total. The Morgan fingerprint density at radius 2 is 1.89 bits per heavy atom. The lowest BCUT2D eigenvalue weighted by molar-refractivity contribution is -0.670. The molecule has 0 aliphatic carbocycles. The normalized spacial score (nSPS) is 10.8. The third kappa shape index (κ3) is 4.55. The van der Waals surface area contributed by atoms with Crippen LogP contribution in [0.1, 0.15) is 37.0 Å². The number of fused-ring (bicyclic) bond motifs is 1. The number of anilines is 1. The molecule has 3 aromatic rings. The summed E-state index contributed by atoms with van der Waals surface area (Å²) in [6.45, 7) is 8.08. The lowest BCUT2D eigenvalue weighted by Gasteiger charge is -2.01. The van der Waals surface area contributed by atoms with Crippen LogP contribution in [-0.2, 0) is 17.8 Å². The van der Waals surface area contributed by atoms with Crippen molar-refractivity contribution in [1.29, 1.82) is 0 Å². The number of benzene rings is 2. The summed E-state index contributed by atoms with van der Waals surface area (Å²) in [5.41, 5.74) is 3.76. The average Bonchev–Trinajstić information content (AvgIpc) is 3.00. The van der Waals surface area contributed by atoms with Crippen molar-refractivity contribution in [2.75, 3.05) is 11.9 Å². The molecule has 28 heavy (non-hydrogen) atoms. The molecule has 0 aliphatic heterocycles. The molecule has 0 saturated carbocycles. The molecular weight excluding hydrogens is 465 g/mol. The van der Waals surface area contributed by atoms with Gasteiger partial charge in [0.25, 0.3) is 5.82 Å². The Labute approximate surface area is 183 Å². The number of aryl methyl sites for hydroxylation is 2. The number of nitrogens with zero attached hydrogens (tertiary/aromatic N) is 2. The van der Waals surface area contributed by atoms with Crippen LogP contribution in [0, 0.1) is 0 Å². The summed E-state index contributed by atoms with van der Waals surface area (Å²) in [5.74, 6) is 0.800. The van der Waals surface area contributed by atoms with E-state index in [0.717, 1.165) is 35.6 Å². The van der Waals surface area contributed by atoms with E-state index in [4.69, 9.17) is 4.74 Å². The summed E-state index contributed by atoms with van der Waals surface area (Å²) in [7, 11) is 0. The van der Waals surface area contributed by atoms with Crippen LogP contribution in [-0.4, -0.2) is 17.1 Å². The van der Waals surface area contributed by atoms with Gasteiger partial charge in [0.1, 0.15) is 0 Å². The second-order valence-corrected chi connectivity index (χ2v) is 6.11. The quantitative estimate of drug-likeness (QED) is 0.292. The Hall–Kier alpha value is -2.35. The number of nitrogens with one attached hydrogen (secondary N) is 1. The molecule has 5 nitrogen and oxygen atoms in total. The van der Waals surface area contributed by atoms with Crippen LogP contribution < -0.4 is 9.88 Å². The van der Waals surface area contributed by atoms with Gasteiger partial charge in [0.15, 0.2) is 11.0 Å². The maximum Gasteiger partial charge on any atom is 0.338 e. The number of carbonyl (C=O) groups is 1. The number of hydrogen-bond acceptors (Lipinski definition) is 3. The van der Waals surface area contributed by atoms with E-state index in [-0.39, 0.29) is 29.9 Å². The first-order valence-corrected chi connectivity index (χ1v) is 9.40. The third-order valence-corrected chi connectivity index (χ3v) is 4.51. The van der Waals surface area contributed by atoms with E-state index < -0.39 is 0 Å². The van der Waals surface area contributed by atoms with Crippen LogP contribution in [0.3, 0.4) is 0 Å². The van der Waals surface area contributed by atoms with Gasteiger partial charge in [0.2, 0.25) is 0 Å². The van der Waals surface area contributed by atoms with Gasteiger partial charge in [-0.2, -0.15) is 0 Å². The van der Waals surface area contributed by atoms with Crippen molar-refractivity contribution in [3.05, 3.63) is 66.1 Å². The number of rotatable bonds is 7. The van der Waals surface area contributed by atoms with Crippen molar-refractivity contribution in [3.63, 3.8) is 0 Å². The second-order valence-electron chi connectivity index (χ2n) is 6.11. The van der Waals surface area contributed by atoms with Gasteiger partial charge in [-0.15, -0.1) is 24.0 Å². The Morgan fingerprint density at radius 3 is 2.54 bits per heavy atom. The molecular formula is C22H27IN3O2+. The third-order valence-electron chi connectivity index (χ3n) is 4.51. The molecule has 3 rings (SSSR count). The zero-order chi connectivity index (χ0) is 19.2. The van der Waals surface area contributed by atoms with Crippen LogP contribution >= 0.6 is 24.0 Å². The highest BCUT2D eigenvalue weighted by Gasteiger charge is 2.22. The van der Waals surface area contributed by atoms with Crippen molar-refractivity contribution in [2.45, 2.75) is 33.9 Å². The van der Waals surface area contributed by atoms with E-state index in [0.29, 0.717) is 12.2 Å². The number of ether oxygens (including phenoxy) is 1. The molecule has 0 bridgehead atoms. The molecule has 1 aromatic heterocycles. The van der Waals surface area contributed by atoms with Gasteiger partial charge < -0.3 is 10.1 Å². The summed E-state index contributed by atoms with van der Waals surface area (Å²) in [5, 5.41) is 3.31. The topological polar surface area (TPSA) is 47.1 Å². The Balaban J connectivity index is 0.00000280. The Bertz CT molecular complexity index is 965. The molecule has 0 radical (unpaired) electrons. The highest BCUT2D eigenvalue weighted by atomic mass is 127. The molecule has 148 valence electrons. The van der Waals surface area contributed by atoms with Crippen molar-refractivity contribution in [3.8, 4) is 0 Å². The fraction of sp³-hybridized carbons (Fsp3) is 0.273. The zero-order valence-corrected chi connectivity index (χ0v) is 18.8. The number of imidazole rings is 1. The first-order chi connectivity index (χ1) is 13.2. The van der Waals surface area contributed by atoms with Gasteiger partial charge >= 0.3 is 5.97 Å². The van der Waals surface area contributed by atoms with Crippen LogP contribution in [0.2, 0.25) is 0 Å². The minimum atomic E-state index is -0.283. The van der Waals surface area contributed by atoms with Crippen LogP contribution in [0.5, 0.6) is 0 Å². The van der Waals surface area contributed by atoms with Gasteiger partial charge in [0.05, 0.1) is 25.3 Å². The van der Waals surface area contributed by atoms with Crippen molar-refractivity contribution in [2.24, 2.45) is 0 Å². The average molecular weight is 492 g/mol. The predicted octanol–water partition coefficient (Wildman–Crippen LogP) is 4.85. The van der Waals surface area contributed by atoms with Gasteiger partial charge in [-0.05, 0) is 45.0 Å². The zero-order valence-electron chi connectivity index (χ0n) is 16.5. The molecule has 2 aromatic carbocycles. The van der Waals surface area contributed by atoms with Gasteiger partial charge in [-0.3, -0.25) is 0 Å². The Morgan fingerprint density at radius 1 is 1.14 bits per heavy atom.